The molecule has 0 bridgehead atoms. The van der Waals surface area contributed by atoms with Gasteiger partial charge in [0.15, 0.2) is 0 Å². The highest BCUT2D eigenvalue weighted by molar-refractivity contribution is 5.70. The molecule has 0 aliphatic carbocycles. The summed E-state index contributed by atoms with van der Waals surface area (Å²) in [7, 11) is 0. The fraction of sp³-hybridized carbons (Fsp3) is 0.533. The van der Waals surface area contributed by atoms with Crippen LogP contribution in [0.1, 0.15) is 50.7 Å². The van der Waals surface area contributed by atoms with Crippen LogP contribution in [0.3, 0.4) is 0 Å². The van der Waals surface area contributed by atoms with Crippen molar-refractivity contribution in [2.24, 2.45) is 5.92 Å². The molecule has 1 unspecified atom stereocenters. The Hall–Kier alpha value is -1.31. The van der Waals surface area contributed by atoms with Crippen molar-refractivity contribution in [1.82, 2.24) is 0 Å². The molecule has 0 saturated carbocycles. The largest absolute Gasteiger partial charge is 0.481 e. The monoisotopic (exact) mass is 234 g/mol. The Labute approximate surface area is 104 Å². The van der Waals surface area contributed by atoms with Gasteiger partial charge >= 0.3 is 5.97 Å². The van der Waals surface area contributed by atoms with Crippen molar-refractivity contribution < 1.29 is 9.90 Å². The fourth-order valence-electron chi connectivity index (χ4n) is 2.26. The summed E-state index contributed by atoms with van der Waals surface area (Å²) in [6.45, 7) is 6.14. The Morgan fingerprint density at radius 1 is 1.24 bits per heavy atom. The number of rotatable bonds is 6. The molecule has 1 aromatic rings. The van der Waals surface area contributed by atoms with Crippen LogP contribution < -0.4 is 0 Å². The number of carboxylic acids is 1. The molecule has 0 spiro atoms. The van der Waals surface area contributed by atoms with E-state index in [2.05, 4.69) is 26.0 Å². The summed E-state index contributed by atoms with van der Waals surface area (Å²) in [6, 6.07) is 8.24. The van der Waals surface area contributed by atoms with E-state index in [9.17, 15) is 4.79 Å². The molecule has 0 saturated heterocycles. The smallest absolute Gasteiger partial charge is 0.306 e. The zero-order chi connectivity index (χ0) is 12.8. The van der Waals surface area contributed by atoms with Crippen molar-refractivity contribution in [2.45, 2.75) is 46.0 Å². The molecule has 0 amide bonds. The lowest BCUT2D eigenvalue weighted by Crippen LogP contribution is -2.14. The second-order valence-corrected chi connectivity index (χ2v) is 4.66. The molecular formula is C15H22O2. The highest BCUT2D eigenvalue weighted by Crippen LogP contribution is 2.27. The van der Waals surface area contributed by atoms with Gasteiger partial charge < -0.3 is 5.11 Å². The van der Waals surface area contributed by atoms with E-state index < -0.39 is 5.97 Å². The molecule has 0 aromatic heterocycles. The summed E-state index contributed by atoms with van der Waals surface area (Å²) in [5.41, 5.74) is 2.52. The Kier molecular flexibility index (Phi) is 5.20. The standard InChI is InChI=1S/C15H22O2/c1-4-12(5-2)14-9-7-6-8-13(14)10-11(3)15(16)17/h6-9,11-12H,4-5,10H2,1-3H3,(H,16,17). The van der Waals surface area contributed by atoms with Gasteiger partial charge in [0, 0.05) is 0 Å². The average Bonchev–Trinajstić information content (AvgIpc) is 2.32. The molecule has 0 heterocycles. The van der Waals surface area contributed by atoms with Crippen LogP contribution in [0, 0.1) is 5.92 Å². The van der Waals surface area contributed by atoms with Crippen LogP contribution in [-0.2, 0) is 11.2 Å². The van der Waals surface area contributed by atoms with E-state index in [1.165, 1.54) is 11.1 Å². The van der Waals surface area contributed by atoms with Crippen LogP contribution in [0.15, 0.2) is 24.3 Å². The molecule has 1 N–H and O–H groups in total. The lowest BCUT2D eigenvalue weighted by molar-refractivity contribution is -0.141. The normalized spacial score (nSPS) is 12.7. The van der Waals surface area contributed by atoms with Gasteiger partial charge in [-0.05, 0) is 36.3 Å². The van der Waals surface area contributed by atoms with Crippen molar-refractivity contribution in [3.05, 3.63) is 35.4 Å². The van der Waals surface area contributed by atoms with Gasteiger partial charge in [0.25, 0.3) is 0 Å². The number of carboxylic acid groups (broad SMARTS) is 1. The summed E-state index contributed by atoms with van der Waals surface area (Å²) >= 11 is 0. The third kappa shape index (κ3) is 3.58. The first kappa shape index (κ1) is 13.8. The number of carbonyl (C=O) groups is 1. The molecule has 1 aromatic carbocycles. The molecule has 94 valence electrons. The van der Waals surface area contributed by atoms with Crippen molar-refractivity contribution in [2.75, 3.05) is 0 Å². The number of benzene rings is 1. The number of hydrogen-bond acceptors (Lipinski definition) is 1. The number of aliphatic carboxylic acids is 1. The molecule has 0 aliphatic rings. The highest BCUT2D eigenvalue weighted by Gasteiger charge is 2.16. The average molecular weight is 234 g/mol. The predicted octanol–water partition coefficient (Wildman–Crippen LogP) is 3.85. The van der Waals surface area contributed by atoms with E-state index >= 15 is 0 Å². The topological polar surface area (TPSA) is 37.3 Å². The SMILES string of the molecule is CCC(CC)c1ccccc1CC(C)C(=O)O. The minimum absolute atomic E-state index is 0.314. The summed E-state index contributed by atoms with van der Waals surface area (Å²) < 4.78 is 0. The minimum atomic E-state index is -0.718. The predicted molar refractivity (Wildman–Crippen MR) is 70.3 cm³/mol. The van der Waals surface area contributed by atoms with Gasteiger partial charge in [-0.15, -0.1) is 0 Å². The van der Waals surface area contributed by atoms with Gasteiger partial charge in [-0.25, -0.2) is 0 Å². The molecule has 0 fully saturated rings. The molecule has 2 heteroatoms. The van der Waals surface area contributed by atoms with E-state index in [4.69, 9.17) is 5.11 Å². The molecular weight excluding hydrogens is 212 g/mol. The van der Waals surface area contributed by atoms with Crippen molar-refractivity contribution >= 4 is 5.97 Å². The minimum Gasteiger partial charge on any atom is -0.481 e. The van der Waals surface area contributed by atoms with Gasteiger partial charge in [-0.1, -0.05) is 45.0 Å². The second-order valence-electron chi connectivity index (χ2n) is 4.66. The van der Waals surface area contributed by atoms with Gasteiger partial charge in [0.2, 0.25) is 0 Å². The third-order valence-electron chi connectivity index (χ3n) is 3.43. The maximum Gasteiger partial charge on any atom is 0.306 e. The van der Waals surface area contributed by atoms with Crippen molar-refractivity contribution in [3.63, 3.8) is 0 Å². The molecule has 0 radical (unpaired) electrons. The summed E-state index contributed by atoms with van der Waals surface area (Å²) in [6.07, 6.45) is 2.84. The fourth-order valence-corrected chi connectivity index (χ4v) is 2.26. The number of hydrogen-bond donors (Lipinski definition) is 1. The van der Waals surface area contributed by atoms with E-state index in [1.807, 2.05) is 12.1 Å². The van der Waals surface area contributed by atoms with E-state index in [0.29, 0.717) is 12.3 Å². The zero-order valence-corrected chi connectivity index (χ0v) is 10.9. The molecule has 2 nitrogen and oxygen atoms in total. The maximum atomic E-state index is 10.9. The Bertz CT molecular complexity index is 367. The van der Waals surface area contributed by atoms with Gasteiger partial charge in [-0.2, -0.15) is 0 Å². The van der Waals surface area contributed by atoms with E-state index in [1.54, 1.807) is 6.92 Å². The van der Waals surface area contributed by atoms with Crippen LogP contribution in [0.2, 0.25) is 0 Å². The molecule has 17 heavy (non-hydrogen) atoms. The molecule has 1 rings (SSSR count). The summed E-state index contributed by atoms with van der Waals surface area (Å²) in [4.78, 5) is 10.9. The quantitative estimate of drug-likeness (QED) is 0.811. The second kappa shape index (κ2) is 6.43. The highest BCUT2D eigenvalue weighted by atomic mass is 16.4. The van der Waals surface area contributed by atoms with Gasteiger partial charge in [0.1, 0.15) is 0 Å². The summed E-state index contributed by atoms with van der Waals surface area (Å²) in [5, 5.41) is 8.99. The third-order valence-corrected chi connectivity index (χ3v) is 3.43. The van der Waals surface area contributed by atoms with E-state index in [-0.39, 0.29) is 5.92 Å². The maximum absolute atomic E-state index is 10.9. The van der Waals surface area contributed by atoms with Crippen LogP contribution >= 0.6 is 0 Å². The summed E-state index contributed by atoms with van der Waals surface area (Å²) in [5.74, 6) is -0.484. The zero-order valence-electron chi connectivity index (χ0n) is 10.9. The molecule has 0 aliphatic heterocycles. The van der Waals surface area contributed by atoms with Crippen molar-refractivity contribution in [1.29, 1.82) is 0 Å². The van der Waals surface area contributed by atoms with Gasteiger partial charge in [0.05, 0.1) is 5.92 Å². The Morgan fingerprint density at radius 2 is 1.82 bits per heavy atom. The first-order valence-corrected chi connectivity index (χ1v) is 6.40. The Balaban J connectivity index is 2.95. The van der Waals surface area contributed by atoms with Crippen LogP contribution in [0.5, 0.6) is 0 Å². The van der Waals surface area contributed by atoms with Gasteiger partial charge in [-0.3, -0.25) is 4.79 Å². The van der Waals surface area contributed by atoms with Crippen LogP contribution in [-0.4, -0.2) is 11.1 Å². The van der Waals surface area contributed by atoms with E-state index in [0.717, 1.165) is 12.8 Å². The molecule has 1 atom stereocenters. The van der Waals surface area contributed by atoms with Crippen molar-refractivity contribution in [3.8, 4) is 0 Å². The van der Waals surface area contributed by atoms with Crippen LogP contribution in [0.4, 0.5) is 0 Å². The lowest BCUT2D eigenvalue weighted by Gasteiger charge is -2.18. The Morgan fingerprint density at radius 3 is 2.35 bits per heavy atom. The first-order valence-electron chi connectivity index (χ1n) is 6.40. The lowest BCUT2D eigenvalue weighted by atomic mass is 9.87. The first-order chi connectivity index (χ1) is 8.10. The van der Waals surface area contributed by atoms with Crippen LogP contribution in [0.25, 0.3) is 0 Å².